The average Bonchev–Trinajstić information content (AvgIpc) is 2.48. The molecule has 3 rings (SSSR count). The summed E-state index contributed by atoms with van der Waals surface area (Å²) >= 11 is 0. The molecule has 1 spiro atoms. The zero-order valence-corrected chi connectivity index (χ0v) is 12.5. The molecule has 2 aliphatic heterocycles. The van der Waals surface area contributed by atoms with Crippen molar-refractivity contribution in [3.63, 3.8) is 0 Å². The molecule has 116 valence electrons. The van der Waals surface area contributed by atoms with Gasteiger partial charge < -0.3 is 15.6 Å². The topological polar surface area (TPSA) is 71.6 Å². The van der Waals surface area contributed by atoms with Crippen molar-refractivity contribution in [2.24, 2.45) is 5.41 Å². The molecule has 0 saturated carbocycles. The summed E-state index contributed by atoms with van der Waals surface area (Å²) in [7, 11) is 0. The Labute approximate surface area is 126 Å². The fourth-order valence-electron chi connectivity index (χ4n) is 3.73. The average molecular weight is 291 g/mol. The lowest BCUT2D eigenvalue weighted by atomic mass is 9.72. The van der Waals surface area contributed by atoms with E-state index < -0.39 is 0 Å². The van der Waals surface area contributed by atoms with Crippen LogP contribution in [0.5, 0.6) is 0 Å². The molecule has 1 aromatic rings. The molecular formula is C16H25N3O2. The van der Waals surface area contributed by atoms with E-state index in [0.29, 0.717) is 11.2 Å². The number of nitrogen functional groups attached to an aromatic ring is 1. The first-order valence-corrected chi connectivity index (χ1v) is 7.84. The van der Waals surface area contributed by atoms with Gasteiger partial charge in [0, 0.05) is 38.5 Å². The van der Waals surface area contributed by atoms with Crippen molar-refractivity contribution in [2.75, 3.05) is 32.1 Å². The molecule has 3 N–H and O–H groups in total. The van der Waals surface area contributed by atoms with Crippen LogP contribution in [0.25, 0.3) is 0 Å². The smallest absolute Gasteiger partial charge is 0.123 e. The minimum absolute atomic E-state index is 0.229. The molecule has 0 aliphatic carbocycles. The number of ether oxygens (including phenoxy) is 1. The van der Waals surface area contributed by atoms with Crippen molar-refractivity contribution in [1.29, 1.82) is 0 Å². The lowest BCUT2D eigenvalue weighted by Crippen LogP contribution is -2.51. The van der Waals surface area contributed by atoms with Gasteiger partial charge >= 0.3 is 0 Å². The molecule has 21 heavy (non-hydrogen) atoms. The summed E-state index contributed by atoms with van der Waals surface area (Å²) in [5.41, 5.74) is 7.32. The number of pyridine rings is 1. The van der Waals surface area contributed by atoms with Gasteiger partial charge in [-0.2, -0.15) is 0 Å². The number of anilines is 1. The van der Waals surface area contributed by atoms with Gasteiger partial charge in [-0.25, -0.2) is 4.98 Å². The largest absolute Gasteiger partial charge is 0.395 e. The SMILES string of the molecule is Nc1cc(CN2CC3(CCOCC3)CCC2CO)ccn1. The van der Waals surface area contributed by atoms with E-state index in [1.54, 1.807) is 6.20 Å². The molecule has 5 nitrogen and oxygen atoms in total. The molecule has 0 radical (unpaired) electrons. The fraction of sp³-hybridized carbons (Fsp3) is 0.688. The summed E-state index contributed by atoms with van der Waals surface area (Å²) in [5.74, 6) is 0.561. The van der Waals surface area contributed by atoms with Crippen LogP contribution < -0.4 is 5.73 Å². The maximum absolute atomic E-state index is 9.68. The molecule has 5 heteroatoms. The van der Waals surface area contributed by atoms with Crippen molar-refractivity contribution in [2.45, 2.75) is 38.3 Å². The molecule has 3 heterocycles. The Kier molecular flexibility index (Phi) is 4.42. The van der Waals surface area contributed by atoms with Crippen molar-refractivity contribution in [3.05, 3.63) is 23.9 Å². The maximum Gasteiger partial charge on any atom is 0.123 e. The van der Waals surface area contributed by atoms with Gasteiger partial charge in [0.05, 0.1) is 6.61 Å². The highest BCUT2D eigenvalue weighted by atomic mass is 16.5. The van der Waals surface area contributed by atoms with Gasteiger partial charge in [-0.15, -0.1) is 0 Å². The number of aliphatic hydroxyl groups excluding tert-OH is 1. The van der Waals surface area contributed by atoms with Crippen molar-refractivity contribution in [3.8, 4) is 0 Å². The first-order valence-electron chi connectivity index (χ1n) is 7.84. The summed E-state index contributed by atoms with van der Waals surface area (Å²) < 4.78 is 5.53. The van der Waals surface area contributed by atoms with E-state index in [1.807, 2.05) is 12.1 Å². The molecule has 0 aromatic carbocycles. The Balaban J connectivity index is 1.73. The van der Waals surface area contributed by atoms with Crippen molar-refractivity contribution in [1.82, 2.24) is 9.88 Å². The number of nitrogens with zero attached hydrogens (tertiary/aromatic N) is 2. The summed E-state index contributed by atoms with van der Waals surface area (Å²) in [6.45, 7) is 3.86. The number of nitrogens with two attached hydrogens (primary N) is 1. The Hall–Kier alpha value is -1.17. The molecular weight excluding hydrogens is 266 g/mol. The standard InChI is InChI=1S/C16H25N3O2/c17-15-9-13(2-6-18-15)10-19-12-16(3-1-14(19)11-20)4-7-21-8-5-16/h2,6,9,14,20H,1,3-5,7-8,10-12H2,(H2,17,18). The number of hydrogen-bond donors (Lipinski definition) is 2. The van der Waals surface area contributed by atoms with E-state index in [0.717, 1.165) is 45.6 Å². The Morgan fingerprint density at radius 3 is 2.90 bits per heavy atom. The predicted octanol–water partition coefficient (Wildman–Crippen LogP) is 1.42. The summed E-state index contributed by atoms with van der Waals surface area (Å²) in [6, 6.07) is 4.20. The van der Waals surface area contributed by atoms with Crippen LogP contribution >= 0.6 is 0 Å². The van der Waals surface area contributed by atoms with Gasteiger partial charge in [0.1, 0.15) is 5.82 Å². The molecule has 2 saturated heterocycles. The van der Waals surface area contributed by atoms with E-state index in [2.05, 4.69) is 9.88 Å². The minimum atomic E-state index is 0.229. The number of likely N-dealkylation sites (tertiary alicyclic amines) is 1. The lowest BCUT2D eigenvalue weighted by Gasteiger charge is -2.48. The van der Waals surface area contributed by atoms with Gasteiger partial charge in [0.2, 0.25) is 0 Å². The molecule has 0 amide bonds. The summed E-state index contributed by atoms with van der Waals surface area (Å²) in [6.07, 6.45) is 6.31. The Morgan fingerprint density at radius 2 is 2.19 bits per heavy atom. The van der Waals surface area contributed by atoms with Crippen LogP contribution in [0.3, 0.4) is 0 Å². The van der Waals surface area contributed by atoms with Crippen LogP contribution in [0.4, 0.5) is 5.82 Å². The van der Waals surface area contributed by atoms with Gasteiger partial charge in [-0.1, -0.05) is 0 Å². The predicted molar refractivity (Wildman–Crippen MR) is 81.7 cm³/mol. The molecule has 2 fully saturated rings. The second-order valence-electron chi connectivity index (χ2n) is 6.48. The van der Waals surface area contributed by atoms with E-state index in [-0.39, 0.29) is 12.6 Å². The second kappa shape index (κ2) is 6.30. The maximum atomic E-state index is 9.68. The third-order valence-corrected chi connectivity index (χ3v) is 5.06. The third-order valence-electron chi connectivity index (χ3n) is 5.06. The molecule has 2 aliphatic rings. The zero-order chi connectivity index (χ0) is 14.7. The molecule has 1 atom stereocenters. The van der Waals surface area contributed by atoms with Crippen LogP contribution in [0.1, 0.15) is 31.2 Å². The number of aliphatic hydroxyl groups is 1. The van der Waals surface area contributed by atoms with Crippen LogP contribution in [0.15, 0.2) is 18.3 Å². The number of aromatic nitrogens is 1. The second-order valence-corrected chi connectivity index (χ2v) is 6.48. The van der Waals surface area contributed by atoms with Crippen molar-refractivity contribution < 1.29 is 9.84 Å². The van der Waals surface area contributed by atoms with E-state index in [9.17, 15) is 5.11 Å². The fourth-order valence-corrected chi connectivity index (χ4v) is 3.73. The normalized spacial score (nSPS) is 26.0. The summed E-state index contributed by atoms with van der Waals surface area (Å²) in [5, 5.41) is 9.68. The van der Waals surface area contributed by atoms with Gasteiger partial charge in [-0.05, 0) is 48.8 Å². The highest BCUT2D eigenvalue weighted by Crippen LogP contribution is 2.41. The van der Waals surface area contributed by atoms with Gasteiger partial charge in [0.25, 0.3) is 0 Å². The Bertz CT molecular complexity index is 474. The molecule has 0 bridgehead atoms. The number of piperidine rings is 1. The monoisotopic (exact) mass is 291 g/mol. The first kappa shape index (κ1) is 14.8. The van der Waals surface area contributed by atoms with Crippen LogP contribution in [-0.4, -0.2) is 47.4 Å². The third kappa shape index (κ3) is 3.36. The quantitative estimate of drug-likeness (QED) is 0.881. The first-order chi connectivity index (χ1) is 10.2. The molecule has 1 unspecified atom stereocenters. The highest BCUT2D eigenvalue weighted by molar-refractivity contribution is 5.31. The molecule has 1 aromatic heterocycles. The Morgan fingerprint density at radius 1 is 1.38 bits per heavy atom. The number of hydrogen-bond acceptors (Lipinski definition) is 5. The van der Waals surface area contributed by atoms with E-state index >= 15 is 0 Å². The van der Waals surface area contributed by atoms with E-state index in [1.165, 1.54) is 12.0 Å². The van der Waals surface area contributed by atoms with E-state index in [4.69, 9.17) is 10.5 Å². The van der Waals surface area contributed by atoms with Crippen LogP contribution in [-0.2, 0) is 11.3 Å². The van der Waals surface area contributed by atoms with Crippen LogP contribution in [0, 0.1) is 5.41 Å². The number of rotatable bonds is 3. The lowest BCUT2D eigenvalue weighted by molar-refractivity contribution is -0.0550. The zero-order valence-electron chi connectivity index (χ0n) is 12.5. The van der Waals surface area contributed by atoms with Crippen LogP contribution in [0.2, 0.25) is 0 Å². The van der Waals surface area contributed by atoms with Gasteiger partial charge in [-0.3, -0.25) is 4.90 Å². The van der Waals surface area contributed by atoms with Crippen molar-refractivity contribution >= 4 is 5.82 Å². The minimum Gasteiger partial charge on any atom is -0.395 e. The highest BCUT2D eigenvalue weighted by Gasteiger charge is 2.40. The van der Waals surface area contributed by atoms with Gasteiger partial charge in [0.15, 0.2) is 0 Å². The summed E-state index contributed by atoms with van der Waals surface area (Å²) in [4.78, 5) is 6.47.